The molecule has 1 aliphatic heterocycles. The Kier molecular flexibility index (Phi) is 3.55. The second-order valence-corrected chi connectivity index (χ2v) is 5.94. The molecule has 0 saturated carbocycles. The van der Waals surface area contributed by atoms with Gasteiger partial charge in [0.05, 0.1) is 13.0 Å². The molecule has 1 aliphatic rings. The zero-order chi connectivity index (χ0) is 17.4. The maximum absolute atomic E-state index is 9.64. The van der Waals surface area contributed by atoms with Gasteiger partial charge in [0.25, 0.3) is 0 Å². The molecular weight excluding hydrogens is 312 g/mol. The van der Waals surface area contributed by atoms with E-state index in [1.807, 2.05) is 48.5 Å². The number of rotatable bonds is 2. The largest absolute Gasteiger partial charge is 0.497 e. The van der Waals surface area contributed by atoms with Crippen molar-refractivity contribution in [1.29, 1.82) is 5.26 Å². The molecule has 25 heavy (non-hydrogen) atoms. The maximum atomic E-state index is 9.64. The second-order valence-electron chi connectivity index (χ2n) is 5.94. The van der Waals surface area contributed by atoms with Crippen LogP contribution in [0.1, 0.15) is 17.0 Å². The van der Waals surface area contributed by atoms with Gasteiger partial charge in [-0.2, -0.15) is 5.26 Å². The van der Waals surface area contributed by atoms with Crippen molar-refractivity contribution in [3.63, 3.8) is 0 Å². The van der Waals surface area contributed by atoms with Crippen LogP contribution >= 0.6 is 0 Å². The average molecular weight is 328 g/mol. The molecular formula is C21H16N2O2. The van der Waals surface area contributed by atoms with Crippen molar-refractivity contribution in [2.45, 2.75) is 5.92 Å². The van der Waals surface area contributed by atoms with E-state index in [0.717, 1.165) is 27.6 Å². The lowest BCUT2D eigenvalue weighted by Crippen LogP contribution is -2.21. The van der Waals surface area contributed by atoms with Gasteiger partial charge in [-0.1, -0.05) is 36.4 Å². The Hall–Kier alpha value is -3.45. The van der Waals surface area contributed by atoms with Crippen molar-refractivity contribution in [2.75, 3.05) is 7.11 Å². The number of allylic oxidation sites excluding steroid dienone is 1. The summed E-state index contributed by atoms with van der Waals surface area (Å²) in [4.78, 5) is 0. The van der Waals surface area contributed by atoms with Gasteiger partial charge in [0.2, 0.25) is 5.88 Å². The number of ether oxygens (including phenoxy) is 2. The van der Waals surface area contributed by atoms with Crippen LogP contribution < -0.4 is 15.2 Å². The van der Waals surface area contributed by atoms with E-state index in [9.17, 15) is 5.26 Å². The van der Waals surface area contributed by atoms with Gasteiger partial charge in [0.15, 0.2) is 0 Å². The van der Waals surface area contributed by atoms with Crippen LogP contribution in [0.3, 0.4) is 0 Å². The van der Waals surface area contributed by atoms with E-state index in [-0.39, 0.29) is 11.8 Å². The highest BCUT2D eigenvalue weighted by molar-refractivity contribution is 5.86. The summed E-state index contributed by atoms with van der Waals surface area (Å²) in [5, 5.41) is 11.8. The second kappa shape index (κ2) is 5.88. The molecule has 0 aliphatic carbocycles. The Morgan fingerprint density at radius 1 is 1.04 bits per heavy atom. The molecule has 0 aromatic heterocycles. The summed E-state index contributed by atoms with van der Waals surface area (Å²) in [5.41, 5.74) is 8.38. The summed E-state index contributed by atoms with van der Waals surface area (Å²) in [7, 11) is 1.63. The number of hydrogen-bond acceptors (Lipinski definition) is 4. The van der Waals surface area contributed by atoms with Crippen LogP contribution in [0.2, 0.25) is 0 Å². The molecule has 0 bridgehead atoms. The van der Waals surface area contributed by atoms with Crippen molar-refractivity contribution >= 4 is 10.8 Å². The quantitative estimate of drug-likeness (QED) is 0.770. The number of hydrogen-bond donors (Lipinski definition) is 1. The molecule has 4 rings (SSSR count). The Bertz CT molecular complexity index is 1030. The van der Waals surface area contributed by atoms with Crippen molar-refractivity contribution in [3.8, 4) is 17.6 Å². The number of methoxy groups -OCH3 is 1. The third-order valence-corrected chi connectivity index (χ3v) is 4.53. The minimum absolute atomic E-state index is 0.158. The predicted octanol–water partition coefficient (Wildman–Crippen LogP) is 4.07. The number of benzene rings is 3. The Morgan fingerprint density at radius 3 is 2.36 bits per heavy atom. The summed E-state index contributed by atoms with van der Waals surface area (Å²) in [6.45, 7) is 0. The first kappa shape index (κ1) is 15.1. The van der Waals surface area contributed by atoms with E-state index >= 15 is 0 Å². The SMILES string of the molecule is COc1ccc(C2C(C#N)=C(N)Oc3cc4ccccc4cc32)cc1. The zero-order valence-electron chi connectivity index (χ0n) is 13.7. The van der Waals surface area contributed by atoms with Crippen LogP contribution in [0.5, 0.6) is 11.5 Å². The molecule has 0 amide bonds. The van der Waals surface area contributed by atoms with Gasteiger partial charge < -0.3 is 15.2 Å². The fourth-order valence-electron chi connectivity index (χ4n) is 3.28. The van der Waals surface area contributed by atoms with Gasteiger partial charge in [-0.25, -0.2) is 0 Å². The number of fused-ring (bicyclic) bond motifs is 2. The summed E-state index contributed by atoms with van der Waals surface area (Å²) in [6, 6.07) is 22.0. The maximum Gasteiger partial charge on any atom is 0.205 e. The monoisotopic (exact) mass is 328 g/mol. The predicted molar refractivity (Wildman–Crippen MR) is 96.2 cm³/mol. The van der Waals surface area contributed by atoms with Crippen molar-refractivity contribution in [2.24, 2.45) is 5.73 Å². The van der Waals surface area contributed by atoms with E-state index in [1.165, 1.54) is 0 Å². The number of nitrogens with two attached hydrogens (primary N) is 1. The van der Waals surface area contributed by atoms with Gasteiger partial charge in [-0.05, 0) is 40.6 Å². The molecule has 0 fully saturated rings. The molecule has 1 heterocycles. The number of nitriles is 1. The molecule has 1 atom stereocenters. The molecule has 3 aromatic rings. The van der Waals surface area contributed by atoms with Gasteiger partial charge in [-0.15, -0.1) is 0 Å². The Labute approximate surface area is 145 Å². The van der Waals surface area contributed by atoms with Crippen LogP contribution in [-0.4, -0.2) is 7.11 Å². The molecule has 4 nitrogen and oxygen atoms in total. The number of nitrogens with zero attached hydrogens (tertiary/aromatic N) is 1. The third kappa shape index (κ3) is 2.47. The molecule has 0 radical (unpaired) electrons. The Balaban J connectivity index is 1.94. The fourth-order valence-corrected chi connectivity index (χ4v) is 3.28. The first-order valence-corrected chi connectivity index (χ1v) is 7.95. The third-order valence-electron chi connectivity index (χ3n) is 4.53. The van der Waals surface area contributed by atoms with Crippen molar-refractivity contribution in [3.05, 3.63) is 83.2 Å². The van der Waals surface area contributed by atoms with E-state index in [4.69, 9.17) is 15.2 Å². The molecule has 3 aromatic carbocycles. The zero-order valence-corrected chi connectivity index (χ0v) is 13.7. The molecule has 4 heteroatoms. The molecule has 0 spiro atoms. The van der Waals surface area contributed by atoms with E-state index < -0.39 is 0 Å². The summed E-state index contributed by atoms with van der Waals surface area (Å²) < 4.78 is 11.0. The fraction of sp³-hybridized carbons (Fsp3) is 0.0952. The van der Waals surface area contributed by atoms with Gasteiger partial charge >= 0.3 is 0 Å². The molecule has 0 saturated heterocycles. The van der Waals surface area contributed by atoms with Crippen molar-refractivity contribution < 1.29 is 9.47 Å². The highest BCUT2D eigenvalue weighted by Crippen LogP contribution is 2.43. The van der Waals surface area contributed by atoms with Crippen LogP contribution in [0.15, 0.2) is 72.1 Å². The van der Waals surface area contributed by atoms with Crippen LogP contribution in [0.4, 0.5) is 0 Å². The average Bonchev–Trinajstić information content (AvgIpc) is 2.65. The van der Waals surface area contributed by atoms with Gasteiger partial charge in [-0.3, -0.25) is 0 Å². The molecule has 1 unspecified atom stereocenters. The normalized spacial score (nSPS) is 16.1. The Morgan fingerprint density at radius 2 is 1.72 bits per heavy atom. The van der Waals surface area contributed by atoms with Crippen molar-refractivity contribution in [1.82, 2.24) is 0 Å². The molecule has 122 valence electrons. The van der Waals surface area contributed by atoms with E-state index in [2.05, 4.69) is 18.2 Å². The standard InChI is InChI=1S/C21H16N2O2/c1-24-16-8-6-13(7-9-16)20-17-10-14-4-2-3-5-15(14)11-19(17)25-21(23)18(20)12-22/h2-11,20H,23H2,1H3. The lowest BCUT2D eigenvalue weighted by Gasteiger charge is -2.27. The minimum atomic E-state index is -0.260. The lowest BCUT2D eigenvalue weighted by atomic mass is 9.82. The molecule has 2 N–H and O–H groups in total. The van der Waals surface area contributed by atoms with Gasteiger partial charge in [0.1, 0.15) is 23.1 Å². The van der Waals surface area contributed by atoms with Gasteiger partial charge in [0, 0.05) is 5.56 Å². The first-order valence-electron chi connectivity index (χ1n) is 7.95. The van der Waals surface area contributed by atoms with E-state index in [1.54, 1.807) is 7.11 Å². The summed E-state index contributed by atoms with van der Waals surface area (Å²) in [6.07, 6.45) is 0. The van der Waals surface area contributed by atoms with Crippen LogP contribution in [0, 0.1) is 11.3 Å². The smallest absolute Gasteiger partial charge is 0.205 e. The minimum Gasteiger partial charge on any atom is -0.497 e. The van der Waals surface area contributed by atoms with Crippen LogP contribution in [-0.2, 0) is 0 Å². The topological polar surface area (TPSA) is 68.3 Å². The van der Waals surface area contributed by atoms with Crippen LogP contribution in [0.25, 0.3) is 10.8 Å². The summed E-state index contributed by atoms with van der Waals surface area (Å²) >= 11 is 0. The highest BCUT2D eigenvalue weighted by atomic mass is 16.5. The first-order chi connectivity index (χ1) is 12.2. The lowest BCUT2D eigenvalue weighted by molar-refractivity contribution is 0.394. The van der Waals surface area contributed by atoms with E-state index in [0.29, 0.717) is 11.3 Å². The summed E-state index contributed by atoms with van der Waals surface area (Å²) in [5.74, 6) is 1.36. The highest BCUT2D eigenvalue weighted by Gasteiger charge is 2.30.